The Balaban J connectivity index is 2.94. The molecular formula is C14H23N3O3. The summed E-state index contributed by atoms with van der Waals surface area (Å²) in [6.07, 6.45) is 4.78. The molecule has 0 radical (unpaired) electrons. The van der Waals surface area contributed by atoms with E-state index in [2.05, 4.69) is 4.98 Å². The third kappa shape index (κ3) is 4.36. The van der Waals surface area contributed by atoms with E-state index >= 15 is 0 Å². The fourth-order valence-corrected chi connectivity index (χ4v) is 2.06. The van der Waals surface area contributed by atoms with Crippen molar-refractivity contribution in [3.8, 4) is 0 Å². The topological polar surface area (TPSA) is 75.4 Å². The second-order valence-electron chi connectivity index (χ2n) is 5.03. The zero-order valence-corrected chi connectivity index (χ0v) is 12.4. The summed E-state index contributed by atoms with van der Waals surface area (Å²) in [7, 11) is 0. The van der Waals surface area contributed by atoms with E-state index in [-0.39, 0.29) is 18.0 Å². The number of rotatable bonds is 8. The molecule has 6 nitrogen and oxygen atoms in total. The minimum absolute atomic E-state index is 0.0964. The molecule has 0 spiro atoms. The van der Waals surface area contributed by atoms with E-state index < -0.39 is 5.97 Å². The first-order valence-corrected chi connectivity index (χ1v) is 7.01. The van der Waals surface area contributed by atoms with E-state index in [4.69, 9.17) is 5.11 Å². The summed E-state index contributed by atoms with van der Waals surface area (Å²) < 4.78 is 1.65. The molecule has 0 aromatic carbocycles. The molecule has 20 heavy (non-hydrogen) atoms. The van der Waals surface area contributed by atoms with Crippen LogP contribution >= 0.6 is 0 Å². The largest absolute Gasteiger partial charge is 0.481 e. The van der Waals surface area contributed by atoms with Gasteiger partial charge in [-0.25, -0.2) is 4.98 Å². The summed E-state index contributed by atoms with van der Waals surface area (Å²) in [4.78, 5) is 29.0. The molecule has 0 atom stereocenters. The average Bonchev–Trinajstić information content (AvgIpc) is 2.37. The highest BCUT2D eigenvalue weighted by molar-refractivity contribution is 5.66. The standard InChI is InChI=1S/C14H23N3O3/c1-4-8-16-10-7-15-13(14(16)20)17(11(2)3)9-5-6-12(18)19/h7,10-11H,4-6,8-9H2,1-3H3,(H,18,19). The van der Waals surface area contributed by atoms with Crippen molar-refractivity contribution in [3.05, 3.63) is 22.7 Å². The Morgan fingerprint density at radius 2 is 2.20 bits per heavy atom. The Bertz CT molecular complexity index is 497. The van der Waals surface area contributed by atoms with Crippen LogP contribution in [-0.2, 0) is 11.3 Å². The smallest absolute Gasteiger partial charge is 0.303 e. The lowest BCUT2D eigenvalue weighted by atomic mass is 10.2. The first-order chi connectivity index (χ1) is 9.47. The van der Waals surface area contributed by atoms with Crippen molar-refractivity contribution in [2.75, 3.05) is 11.4 Å². The molecule has 0 amide bonds. The van der Waals surface area contributed by atoms with E-state index in [1.165, 1.54) is 0 Å². The average molecular weight is 281 g/mol. The van der Waals surface area contributed by atoms with Crippen LogP contribution in [0.4, 0.5) is 5.82 Å². The van der Waals surface area contributed by atoms with Gasteiger partial charge in [-0.2, -0.15) is 0 Å². The summed E-state index contributed by atoms with van der Waals surface area (Å²) in [6, 6.07) is 0.0986. The number of hydrogen-bond acceptors (Lipinski definition) is 4. The normalized spacial score (nSPS) is 10.8. The van der Waals surface area contributed by atoms with Gasteiger partial charge in [0.1, 0.15) is 0 Å². The van der Waals surface area contributed by atoms with E-state index in [0.717, 1.165) is 6.42 Å². The Morgan fingerprint density at radius 3 is 2.75 bits per heavy atom. The number of aromatic nitrogens is 2. The number of aryl methyl sites for hydroxylation is 1. The van der Waals surface area contributed by atoms with Crippen molar-refractivity contribution in [2.45, 2.75) is 52.6 Å². The predicted octanol–water partition coefficient (Wildman–Crippen LogP) is 1.73. The van der Waals surface area contributed by atoms with Crippen molar-refractivity contribution in [1.82, 2.24) is 9.55 Å². The van der Waals surface area contributed by atoms with Gasteiger partial charge in [0.05, 0.1) is 0 Å². The highest BCUT2D eigenvalue weighted by Gasteiger charge is 2.16. The molecule has 0 aliphatic heterocycles. The van der Waals surface area contributed by atoms with E-state index in [1.54, 1.807) is 17.0 Å². The minimum Gasteiger partial charge on any atom is -0.481 e. The molecule has 0 aliphatic carbocycles. The van der Waals surface area contributed by atoms with Crippen molar-refractivity contribution in [2.24, 2.45) is 0 Å². The molecule has 0 saturated carbocycles. The van der Waals surface area contributed by atoms with Crippen molar-refractivity contribution < 1.29 is 9.90 Å². The fourth-order valence-electron chi connectivity index (χ4n) is 2.06. The van der Waals surface area contributed by atoms with Crippen LogP contribution in [0, 0.1) is 0 Å². The lowest BCUT2D eigenvalue weighted by Gasteiger charge is -2.27. The third-order valence-electron chi connectivity index (χ3n) is 3.05. The molecule has 0 fully saturated rings. The molecule has 0 aliphatic rings. The van der Waals surface area contributed by atoms with Crippen LogP contribution in [0.15, 0.2) is 17.2 Å². The van der Waals surface area contributed by atoms with Gasteiger partial charge in [0.2, 0.25) is 0 Å². The van der Waals surface area contributed by atoms with Crippen molar-refractivity contribution >= 4 is 11.8 Å². The SMILES string of the molecule is CCCn1ccnc(N(CCCC(=O)O)C(C)C)c1=O. The molecule has 1 heterocycles. The van der Waals surface area contributed by atoms with Crippen LogP contribution in [0.1, 0.15) is 40.0 Å². The van der Waals surface area contributed by atoms with Gasteiger partial charge in [0.25, 0.3) is 5.56 Å². The van der Waals surface area contributed by atoms with E-state index in [9.17, 15) is 9.59 Å². The van der Waals surface area contributed by atoms with E-state index in [0.29, 0.717) is 25.3 Å². The molecule has 112 valence electrons. The van der Waals surface area contributed by atoms with Crippen LogP contribution in [0.2, 0.25) is 0 Å². The zero-order chi connectivity index (χ0) is 15.1. The number of anilines is 1. The summed E-state index contributed by atoms with van der Waals surface area (Å²) in [5.41, 5.74) is -0.113. The number of carbonyl (C=O) groups is 1. The zero-order valence-electron chi connectivity index (χ0n) is 12.4. The Morgan fingerprint density at radius 1 is 1.50 bits per heavy atom. The first kappa shape index (κ1) is 16.2. The lowest BCUT2D eigenvalue weighted by molar-refractivity contribution is -0.137. The van der Waals surface area contributed by atoms with Gasteiger partial charge < -0.3 is 14.6 Å². The predicted molar refractivity (Wildman–Crippen MR) is 78.1 cm³/mol. The molecule has 6 heteroatoms. The number of carboxylic acids is 1. The van der Waals surface area contributed by atoms with Crippen LogP contribution in [-0.4, -0.2) is 33.2 Å². The maximum atomic E-state index is 12.3. The first-order valence-electron chi connectivity index (χ1n) is 7.01. The molecule has 0 bridgehead atoms. The molecular weight excluding hydrogens is 258 g/mol. The third-order valence-corrected chi connectivity index (χ3v) is 3.05. The second kappa shape index (κ2) is 7.67. The summed E-state index contributed by atoms with van der Waals surface area (Å²) in [5.74, 6) is -0.417. The molecule has 1 rings (SSSR count). The molecule has 1 N–H and O–H groups in total. The highest BCUT2D eigenvalue weighted by Crippen LogP contribution is 2.10. The van der Waals surface area contributed by atoms with Crippen molar-refractivity contribution in [3.63, 3.8) is 0 Å². The van der Waals surface area contributed by atoms with Gasteiger partial charge in [0, 0.05) is 37.9 Å². The van der Waals surface area contributed by atoms with Gasteiger partial charge in [-0.15, -0.1) is 0 Å². The fraction of sp³-hybridized carbons (Fsp3) is 0.643. The van der Waals surface area contributed by atoms with Crippen LogP contribution in [0.3, 0.4) is 0 Å². The highest BCUT2D eigenvalue weighted by atomic mass is 16.4. The summed E-state index contributed by atoms with van der Waals surface area (Å²) >= 11 is 0. The molecule has 0 saturated heterocycles. The number of hydrogen-bond donors (Lipinski definition) is 1. The molecule has 1 aromatic heterocycles. The van der Waals surface area contributed by atoms with Gasteiger partial charge in [0.15, 0.2) is 5.82 Å². The second-order valence-corrected chi connectivity index (χ2v) is 5.03. The monoisotopic (exact) mass is 281 g/mol. The Kier molecular flexibility index (Phi) is 6.21. The summed E-state index contributed by atoms with van der Waals surface area (Å²) in [6.45, 7) is 7.13. The Hall–Kier alpha value is -1.85. The maximum Gasteiger partial charge on any atom is 0.303 e. The summed E-state index contributed by atoms with van der Waals surface area (Å²) in [5, 5.41) is 8.70. The van der Waals surface area contributed by atoms with Gasteiger partial charge in [-0.05, 0) is 26.7 Å². The van der Waals surface area contributed by atoms with Crippen LogP contribution in [0.25, 0.3) is 0 Å². The molecule has 0 unspecified atom stereocenters. The van der Waals surface area contributed by atoms with Crippen molar-refractivity contribution in [1.29, 1.82) is 0 Å². The number of carboxylic acid groups (broad SMARTS) is 1. The lowest BCUT2D eigenvalue weighted by Crippen LogP contribution is -2.38. The van der Waals surface area contributed by atoms with Gasteiger partial charge in [-0.3, -0.25) is 9.59 Å². The number of nitrogens with zero attached hydrogens (tertiary/aromatic N) is 3. The van der Waals surface area contributed by atoms with Gasteiger partial charge >= 0.3 is 5.97 Å². The number of aliphatic carboxylic acids is 1. The quantitative estimate of drug-likeness (QED) is 0.785. The van der Waals surface area contributed by atoms with Gasteiger partial charge in [-0.1, -0.05) is 6.92 Å². The molecule has 1 aromatic rings. The maximum absolute atomic E-state index is 12.3. The minimum atomic E-state index is -0.821. The Labute approximate surface area is 119 Å². The van der Waals surface area contributed by atoms with Crippen LogP contribution < -0.4 is 10.5 Å². The van der Waals surface area contributed by atoms with Crippen LogP contribution in [0.5, 0.6) is 0 Å². The van der Waals surface area contributed by atoms with E-state index in [1.807, 2.05) is 25.7 Å².